The third kappa shape index (κ3) is 3.46. The fraction of sp³-hybridized carbons (Fsp3) is 0.917. The molecule has 0 saturated heterocycles. The van der Waals surface area contributed by atoms with E-state index >= 15 is 0 Å². The highest BCUT2D eigenvalue weighted by atomic mass is 16.3. The van der Waals surface area contributed by atoms with Crippen molar-refractivity contribution in [3.63, 3.8) is 0 Å². The molecule has 3 unspecified atom stereocenters. The maximum atomic E-state index is 11.8. The van der Waals surface area contributed by atoms with Crippen molar-refractivity contribution in [3.05, 3.63) is 0 Å². The van der Waals surface area contributed by atoms with Gasteiger partial charge in [0.2, 0.25) is 5.91 Å². The van der Waals surface area contributed by atoms with Gasteiger partial charge in [0.1, 0.15) is 0 Å². The van der Waals surface area contributed by atoms with E-state index in [1.807, 2.05) is 13.8 Å². The largest absolute Gasteiger partial charge is 0.396 e. The Morgan fingerprint density at radius 1 is 1.44 bits per heavy atom. The predicted octanol–water partition coefficient (Wildman–Crippen LogP) is 0.637. The van der Waals surface area contributed by atoms with Gasteiger partial charge in [-0.3, -0.25) is 4.79 Å². The fourth-order valence-electron chi connectivity index (χ4n) is 2.20. The second-order valence-electron chi connectivity index (χ2n) is 5.11. The van der Waals surface area contributed by atoms with E-state index in [-0.39, 0.29) is 30.4 Å². The number of rotatable bonds is 4. The topological polar surface area (TPSA) is 75.4 Å². The monoisotopic (exact) mass is 228 g/mol. The maximum absolute atomic E-state index is 11.8. The van der Waals surface area contributed by atoms with Gasteiger partial charge in [0.25, 0.3) is 0 Å². The lowest BCUT2D eigenvalue weighted by molar-refractivity contribution is -0.124. The Kier molecular flexibility index (Phi) is 5.22. The second-order valence-corrected chi connectivity index (χ2v) is 5.11. The lowest BCUT2D eigenvalue weighted by Gasteiger charge is -2.32. The zero-order valence-corrected chi connectivity index (χ0v) is 10.3. The number of aliphatic hydroxyl groups excluding tert-OH is 1. The molecule has 0 radical (unpaired) electrons. The van der Waals surface area contributed by atoms with Crippen LogP contribution in [0.15, 0.2) is 0 Å². The van der Waals surface area contributed by atoms with Crippen LogP contribution in [0.3, 0.4) is 0 Å². The van der Waals surface area contributed by atoms with Crippen LogP contribution in [0.2, 0.25) is 0 Å². The van der Waals surface area contributed by atoms with Gasteiger partial charge in [-0.05, 0) is 18.8 Å². The number of nitrogens with two attached hydrogens (primary N) is 1. The molecule has 1 fully saturated rings. The van der Waals surface area contributed by atoms with Crippen molar-refractivity contribution in [2.24, 2.45) is 17.6 Å². The maximum Gasteiger partial charge on any atom is 0.237 e. The van der Waals surface area contributed by atoms with Gasteiger partial charge >= 0.3 is 0 Å². The first kappa shape index (κ1) is 13.5. The summed E-state index contributed by atoms with van der Waals surface area (Å²) in [5, 5.41) is 12.2. The van der Waals surface area contributed by atoms with Crippen molar-refractivity contribution in [3.8, 4) is 0 Å². The summed E-state index contributed by atoms with van der Waals surface area (Å²) in [5.74, 6) is 0.272. The summed E-state index contributed by atoms with van der Waals surface area (Å²) in [6.45, 7) is 4.03. The Hall–Kier alpha value is -0.610. The molecular formula is C12H24N2O2. The van der Waals surface area contributed by atoms with E-state index in [1.54, 1.807) is 0 Å². The summed E-state index contributed by atoms with van der Waals surface area (Å²) in [7, 11) is 0. The van der Waals surface area contributed by atoms with Gasteiger partial charge in [-0.2, -0.15) is 0 Å². The Morgan fingerprint density at radius 3 is 2.62 bits per heavy atom. The quantitative estimate of drug-likeness (QED) is 0.661. The molecule has 1 amide bonds. The second kappa shape index (κ2) is 6.21. The van der Waals surface area contributed by atoms with E-state index in [2.05, 4.69) is 5.32 Å². The van der Waals surface area contributed by atoms with Crippen LogP contribution in [0.4, 0.5) is 0 Å². The first-order chi connectivity index (χ1) is 7.56. The van der Waals surface area contributed by atoms with Gasteiger partial charge in [-0.15, -0.1) is 0 Å². The summed E-state index contributed by atoms with van der Waals surface area (Å²) in [4.78, 5) is 11.8. The highest BCUT2D eigenvalue weighted by Crippen LogP contribution is 2.24. The molecule has 4 N–H and O–H groups in total. The van der Waals surface area contributed by atoms with E-state index in [1.165, 1.54) is 0 Å². The highest BCUT2D eigenvalue weighted by Gasteiger charge is 2.28. The molecule has 0 aromatic heterocycles. The van der Waals surface area contributed by atoms with Crippen LogP contribution in [-0.4, -0.2) is 29.7 Å². The van der Waals surface area contributed by atoms with Crippen molar-refractivity contribution < 1.29 is 9.90 Å². The van der Waals surface area contributed by atoms with Crippen LogP contribution in [0.25, 0.3) is 0 Å². The molecule has 0 bridgehead atoms. The van der Waals surface area contributed by atoms with Gasteiger partial charge in [0.15, 0.2) is 0 Å². The van der Waals surface area contributed by atoms with Gasteiger partial charge in [0, 0.05) is 18.6 Å². The van der Waals surface area contributed by atoms with E-state index in [0.717, 1.165) is 25.7 Å². The van der Waals surface area contributed by atoms with E-state index in [4.69, 9.17) is 5.73 Å². The lowest BCUT2D eigenvalue weighted by atomic mass is 9.85. The molecule has 0 aliphatic heterocycles. The fourth-order valence-corrected chi connectivity index (χ4v) is 2.20. The van der Waals surface area contributed by atoms with Gasteiger partial charge in [0.05, 0.1) is 6.04 Å². The Bertz CT molecular complexity index is 231. The zero-order valence-electron chi connectivity index (χ0n) is 10.3. The Morgan fingerprint density at radius 2 is 2.06 bits per heavy atom. The Labute approximate surface area is 97.6 Å². The first-order valence-electron chi connectivity index (χ1n) is 6.23. The van der Waals surface area contributed by atoms with Crippen LogP contribution >= 0.6 is 0 Å². The highest BCUT2D eigenvalue weighted by molar-refractivity contribution is 5.82. The van der Waals surface area contributed by atoms with Crippen LogP contribution in [-0.2, 0) is 4.79 Å². The van der Waals surface area contributed by atoms with Crippen molar-refractivity contribution in [1.82, 2.24) is 5.32 Å². The van der Waals surface area contributed by atoms with Crippen LogP contribution in [0.5, 0.6) is 0 Å². The number of aliphatic hydroxyl groups is 1. The normalized spacial score (nSPS) is 27.8. The van der Waals surface area contributed by atoms with Crippen molar-refractivity contribution in [1.29, 1.82) is 0 Å². The third-order valence-electron chi connectivity index (χ3n) is 3.49. The summed E-state index contributed by atoms with van der Waals surface area (Å²) in [6.07, 6.45) is 4.23. The molecule has 4 nitrogen and oxygen atoms in total. The van der Waals surface area contributed by atoms with Gasteiger partial charge in [-0.25, -0.2) is 0 Å². The third-order valence-corrected chi connectivity index (χ3v) is 3.49. The number of amides is 1. The molecular weight excluding hydrogens is 204 g/mol. The molecule has 94 valence electrons. The van der Waals surface area contributed by atoms with Crippen molar-refractivity contribution >= 4 is 5.91 Å². The van der Waals surface area contributed by atoms with E-state index in [0.29, 0.717) is 0 Å². The smallest absolute Gasteiger partial charge is 0.237 e. The van der Waals surface area contributed by atoms with E-state index < -0.39 is 6.04 Å². The molecule has 1 aliphatic rings. The molecule has 1 aliphatic carbocycles. The molecule has 1 rings (SSSR count). The molecule has 0 aromatic carbocycles. The SMILES string of the molecule is CC(C)C(N)C(=O)NC1CCCCC1CO. The minimum absolute atomic E-state index is 0.0830. The molecule has 16 heavy (non-hydrogen) atoms. The zero-order chi connectivity index (χ0) is 12.1. The molecule has 0 heterocycles. The molecule has 3 atom stereocenters. The lowest BCUT2D eigenvalue weighted by Crippen LogP contribution is -2.51. The average Bonchev–Trinajstić information content (AvgIpc) is 2.28. The van der Waals surface area contributed by atoms with E-state index in [9.17, 15) is 9.90 Å². The predicted molar refractivity (Wildman–Crippen MR) is 63.8 cm³/mol. The van der Waals surface area contributed by atoms with Crippen molar-refractivity contribution in [2.45, 2.75) is 51.6 Å². The summed E-state index contributed by atoms with van der Waals surface area (Å²) < 4.78 is 0. The standard InChI is InChI=1S/C12H24N2O2/c1-8(2)11(13)12(16)14-10-6-4-3-5-9(10)7-15/h8-11,15H,3-7,13H2,1-2H3,(H,14,16). The molecule has 0 spiro atoms. The van der Waals surface area contributed by atoms with Crippen LogP contribution < -0.4 is 11.1 Å². The molecule has 1 saturated carbocycles. The first-order valence-corrected chi connectivity index (χ1v) is 6.23. The minimum atomic E-state index is -0.443. The summed E-state index contributed by atoms with van der Waals surface area (Å²) in [5.41, 5.74) is 5.79. The molecule has 0 aromatic rings. The average molecular weight is 228 g/mol. The number of hydrogen-bond donors (Lipinski definition) is 3. The number of carbonyl (C=O) groups is 1. The van der Waals surface area contributed by atoms with Crippen molar-refractivity contribution in [2.75, 3.05) is 6.61 Å². The minimum Gasteiger partial charge on any atom is -0.396 e. The van der Waals surface area contributed by atoms with Crippen LogP contribution in [0, 0.1) is 11.8 Å². The number of hydrogen-bond acceptors (Lipinski definition) is 3. The summed E-state index contributed by atoms with van der Waals surface area (Å²) in [6, 6.07) is -0.336. The number of carbonyl (C=O) groups excluding carboxylic acids is 1. The molecule has 4 heteroatoms. The van der Waals surface area contributed by atoms with Crippen LogP contribution in [0.1, 0.15) is 39.5 Å². The van der Waals surface area contributed by atoms with Gasteiger partial charge < -0.3 is 16.2 Å². The Balaban J connectivity index is 2.48. The number of nitrogens with one attached hydrogen (secondary N) is 1. The van der Waals surface area contributed by atoms with Gasteiger partial charge in [-0.1, -0.05) is 26.7 Å². The summed E-state index contributed by atoms with van der Waals surface area (Å²) >= 11 is 0.